The monoisotopic (exact) mass is 276 g/mol. The van der Waals surface area contributed by atoms with Crippen LogP contribution in [0.2, 0.25) is 0 Å². The van der Waals surface area contributed by atoms with Gasteiger partial charge in [0.15, 0.2) is 5.82 Å². The molecule has 0 amide bonds. The van der Waals surface area contributed by atoms with E-state index in [1.807, 2.05) is 0 Å². The van der Waals surface area contributed by atoms with E-state index in [2.05, 4.69) is 37.6 Å². The second-order valence-electron chi connectivity index (χ2n) is 5.26. The molecular weight excluding hydrogens is 256 g/mol. The van der Waals surface area contributed by atoms with Crippen LogP contribution >= 0.6 is 0 Å². The van der Waals surface area contributed by atoms with E-state index >= 15 is 0 Å². The summed E-state index contributed by atoms with van der Waals surface area (Å²) in [6, 6.07) is 0.422. The Hall–Kier alpha value is -1.76. The Bertz CT molecular complexity index is 517. The summed E-state index contributed by atoms with van der Waals surface area (Å²) in [6.45, 7) is 3.10. The van der Waals surface area contributed by atoms with E-state index in [0.717, 1.165) is 18.9 Å². The molecule has 0 aliphatic heterocycles. The van der Waals surface area contributed by atoms with Crippen LogP contribution in [0.25, 0.3) is 11.6 Å². The van der Waals surface area contributed by atoms with Crippen LogP contribution in [-0.4, -0.2) is 37.9 Å². The van der Waals surface area contributed by atoms with Crippen molar-refractivity contribution in [2.24, 2.45) is 5.92 Å². The Morgan fingerprint density at radius 1 is 1.45 bits per heavy atom. The van der Waals surface area contributed by atoms with Gasteiger partial charge in [-0.25, -0.2) is 4.98 Å². The molecule has 2 heterocycles. The highest BCUT2D eigenvalue weighted by Gasteiger charge is 2.26. The van der Waals surface area contributed by atoms with Crippen molar-refractivity contribution in [2.45, 2.75) is 45.1 Å². The predicted molar refractivity (Wildman–Crippen MR) is 72.8 cm³/mol. The molecule has 1 aliphatic rings. The predicted octanol–water partition coefficient (Wildman–Crippen LogP) is 1.57. The first-order chi connectivity index (χ1) is 9.86. The van der Waals surface area contributed by atoms with Crippen molar-refractivity contribution < 1.29 is 4.52 Å². The summed E-state index contributed by atoms with van der Waals surface area (Å²) in [7, 11) is 0. The molecule has 20 heavy (non-hydrogen) atoms. The van der Waals surface area contributed by atoms with Gasteiger partial charge < -0.3 is 9.84 Å². The maximum atomic E-state index is 5.34. The van der Waals surface area contributed by atoms with Crippen LogP contribution in [0.1, 0.15) is 38.5 Å². The van der Waals surface area contributed by atoms with Gasteiger partial charge in [-0.1, -0.05) is 24.9 Å². The van der Waals surface area contributed by atoms with Crippen molar-refractivity contribution in [1.29, 1.82) is 0 Å². The van der Waals surface area contributed by atoms with E-state index in [1.54, 1.807) is 0 Å². The van der Waals surface area contributed by atoms with Crippen molar-refractivity contribution in [3.8, 4) is 11.6 Å². The lowest BCUT2D eigenvalue weighted by Gasteiger charge is -2.22. The summed E-state index contributed by atoms with van der Waals surface area (Å²) < 4.78 is 5.34. The first-order valence-corrected chi connectivity index (χ1v) is 7.28. The third-order valence-electron chi connectivity index (χ3n) is 3.92. The van der Waals surface area contributed by atoms with E-state index in [4.69, 9.17) is 4.52 Å². The minimum atomic E-state index is 0.422. The second-order valence-corrected chi connectivity index (χ2v) is 5.26. The zero-order valence-electron chi connectivity index (χ0n) is 11.7. The number of H-pyrrole nitrogens is 1. The third-order valence-corrected chi connectivity index (χ3v) is 3.92. The summed E-state index contributed by atoms with van der Waals surface area (Å²) in [6.07, 6.45) is 7.46. The zero-order chi connectivity index (χ0) is 13.8. The van der Waals surface area contributed by atoms with Crippen LogP contribution in [0.4, 0.5) is 0 Å². The number of nitrogens with zero attached hydrogens (tertiary/aromatic N) is 4. The summed E-state index contributed by atoms with van der Waals surface area (Å²) >= 11 is 0. The van der Waals surface area contributed by atoms with Gasteiger partial charge in [0.2, 0.25) is 11.7 Å². The number of nitrogens with one attached hydrogen (secondary N) is 2. The van der Waals surface area contributed by atoms with Crippen LogP contribution in [0.5, 0.6) is 0 Å². The largest absolute Gasteiger partial charge is 0.339 e. The fourth-order valence-electron chi connectivity index (χ4n) is 2.96. The van der Waals surface area contributed by atoms with E-state index in [0.29, 0.717) is 23.6 Å². The summed E-state index contributed by atoms with van der Waals surface area (Å²) in [5.41, 5.74) is 0. The Balaban J connectivity index is 1.68. The third kappa shape index (κ3) is 2.87. The van der Waals surface area contributed by atoms with Gasteiger partial charge >= 0.3 is 0 Å². The zero-order valence-corrected chi connectivity index (χ0v) is 11.7. The topological polar surface area (TPSA) is 92.5 Å². The number of aromatic amines is 1. The van der Waals surface area contributed by atoms with Crippen LogP contribution in [0.15, 0.2) is 10.9 Å². The van der Waals surface area contributed by atoms with Crippen molar-refractivity contribution in [3.05, 3.63) is 12.2 Å². The minimum Gasteiger partial charge on any atom is -0.339 e. The highest BCUT2D eigenvalue weighted by atomic mass is 16.5. The lowest BCUT2D eigenvalue weighted by molar-refractivity contribution is 0.311. The van der Waals surface area contributed by atoms with Crippen LogP contribution < -0.4 is 5.32 Å². The molecule has 1 aliphatic carbocycles. The Labute approximate surface area is 117 Å². The second kappa shape index (κ2) is 6.13. The van der Waals surface area contributed by atoms with Crippen LogP contribution in [0, 0.1) is 5.92 Å². The number of hydrogen-bond donors (Lipinski definition) is 2. The molecule has 2 N–H and O–H groups in total. The van der Waals surface area contributed by atoms with Gasteiger partial charge in [0.25, 0.3) is 0 Å². The van der Waals surface area contributed by atoms with Crippen LogP contribution in [-0.2, 0) is 6.42 Å². The summed E-state index contributed by atoms with van der Waals surface area (Å²) in [4.78, 5) is 8.42. The molecule has 0 saturated heterocycles. The van der Waals surface area contributed by atoms with Gasteiger partial charge in [-0.05, 0) is 25.3 Å². The van der Waals surface area contributed by atoms with Gasteiger partial charge in [-0.2, -0.15) is 10.1 Å². The molecule has 1 atom stereocenters. The van der Waals surface area contributed by atoms with Crippen molar-refractivity contribution >= 4 is 0 Å². The van der Waals surface area contributed by atoms with Gasteiger partial charge in [0, 0.05) is 12.5 Å². The van der Waals surface area contributed by atoms with Crippen molar-refractivity contribution in [2.75, 3.05) is 6.54 Å². The molecule has 0 aromatic carbocycles. The Morgan fingerprint density at radius 2 is 2.30 bits per heavy atom. The highest BCUT2D eigenvalue weighted by Crippen LogP contribution is 2.29. The van der Waals surface area contributed by atoms with Gasteiger partial charge in [-0.3, -0.25) is 5.10 Å². The fraction of sp³-hybridized carbons (Fsp3) is 0.692. The van der Waals surface area contributed by atoms with E-state index in [9.17, 15) is 0 Å². The number of aromatic nitrogens is 5. The average molecular weight is 276 g/mol. The molecule has 2 aromatic rings. The smallest absolute Gasteiger partial charge is 0.239 e. The van der Waals surface area contributed by atoms with E-state index in [-0.39, 0.29) is 0 Å². The van der Waals surface area contributed by atoms with E-state index < -0.39 is 0 Å². The van der Waals surface area contributed by atoms with Gasteiger partial charge in [-0.15, -0.1) is 0 Å². The molecule has 2 aromatic heterocycles. The lowest BCUT2D eigenvalue weighted by atomic mass is 9.95. The Morgan fingerprint density at radius 3 is 3.00 bits per heavy atom. The molecule has 7 nitrogen and oxygen atoms in total. The standard InChI is InChI=1S/C13H20N6O/c1-2-14-10(9-5-3-4-6-9)7-11-17-13(19-20-11)12-15-8-16-18-12/h8-10,14H,2-7H2,1H3,(H,15,16,18). The van der Waals surface area contributed by atoms with E-state index in [1.165, 1.54) is 32.0 Å². The van der Waals surface area contributed by atoms with Gasteiger partial charge in [0.05, 0.1) is 0 Å². The first kappa shape index (κ1) is 13.2. The van der Waals surface area contributed by atoms with Crippen molar-refractivity contribution in [1.82, 2.24) is 30.6 Å². The highest BCUT2D eigenvalue weighted by molar-refractivity contribution is 5.39. The molecule has 1 saturated carbocycles. The summed E-state index contributed by atoms with van der Waals surface area (Å²) in [5, 5.41) is 14.0. The fourth-order valence-corrected chi connectivity index (χ4v) is 2.96. The SMILES string of the molecule is CCNC(Cc1nc(-c2ncn[nH]2)no1)C1CCCC1. The quantitative estimate of drug-likeness (QED) is 0.832. The normalized spacial score (nSPS) is 17.6. The minimum absolute atomic E-state index is 0.422. The molecule has 3 rings (SSSR count). The number of rotatable bonds is 6. The number of likely N-dealkylation sites (N-methyl/N-ethyl adjacent to an activating group) is 1. The molecular formula is C13H20N6O. The average Bonchev–Trinajstić information content (AvgIpc) is 3.20. The molecule has 0 bridgehead atoms. The molecule has 1 fully saturated rings. The molecule has 1 unspecified atom stereocenters. The van der Waals surface area contributed by atoms with Gasteiger partial charge in [0.1, 0.15) is 6.33 Å². The molecule has 0 spiro atoms. The Kier molecular flexibility index (Phi) is 4.05. The maximum Gasteiger partial charge on any atom is 0.239 e. The first-order valence-electron chi connectivity index (χ1n) is 7.28. The lowest BCUT2D eigenvalue weighted by Crippen LogP contribution is -2.37. The summed E-state index contributed by atoms with van der Waals surface area (Å²) in [5.74, 6) is 2.39. The molecule has 7 heteroatoms. The van der Waals surface area contributed by atoms with Crippen LogP contribution in [0.3, 0.4) is 0 Å². The molecule has 108 valence electrons. The van der Waals surface area contributed by atoms with Crippen molar-refractivity contribution in [3.63, 3.8) is 0 Å². The maximum absolute atomic E-state index is 5.34. The molecule has 0 radical (unpaired) electrons. The number of hydrogen-bond acceptors (Lipinski definition) is 6.